The molecule has 7 heteroatoms. The molecule has 3 rings (SSSR count). The van der Waals surface area contributed by atoms with Crippen LogP contribution >= 0.6 is 11.3 Å². The first-order chi connectivity index (χ1) is 11.2. The molecule has 124 valence electrons. The van der Waals surface area contributed by atoms with E-state index in [0.717, 1.165) is 45.6 Å². The molecule has 0 unspecified atom stereocenters. The van der Waals surface area contributed by atoms with Gasteiger partial charge in [-0.3, -0.25) is 9.69 Å². The topological polar surface area (TPSA) is 62.5 Å². The van der Waals surface area contributed by atoms with Crippen molar-refractivity contribution in [2.24, 2.45) is 0 Å². The summed E-state index contributed by atoms with van der Waals surface area (Å²) >= 11 is 1.72. The molecule has 0 bridgehead atoms. The van der Waals surface area contributed by atoms with E-state index in [9.17, 15) is 4.79 Å². The molecule has 0 atom stereocenters. The van der Waals surface area contributed by atoms with E-state index in [2.05, 4.69) is 26.5 Å². The maximum atomic E-state index is 12.3. The molecule has 0 spiro atoms. The third-order valence-corrected chi connectivity index (χ3v) is 5.04. The zero-order valence-corrected chi connectivity index (χ0v) is 14.2. The summed E-state index contributed by atoms with van der Waals surface area (Å²) in [5.41, 5.74) is 0. The Bertz CT molecular complexity index is 618. The highest BCUT2D eigenvalue weighted by Crippen LogP contribution is 2.13. The second-order valence-corrected chi connectivity index (χ2v) is 6.80. The molecule has 0 aliphatic carbocycles. The lowest BCUT2D eigenvalue weighted by molar-refractivity contribution is -0.132. The lowest BCUT2D eigenvalue weighted by atomic mass is 10.2. The number of carbonyl (C=O) groups is 1. The van der Waals surface area contributed by atoms with Gasteiger partial charge in [-0.05, 0) is 17.9 Å². The molecule has 0 aromatic carbocycles. The fraction of sp³-hybridized carbons (Fsp3) is 0.562. The smallest absolute Gasteiger partial charge is 0.223 e. The Hall–Kier alpha value is -1.73. The van der Waals surface area contributed by atoms with Crippen molar-refractivity contribution >= 4 is 17.2 Å². The van der Waals surface area contributed by atoms with Gasteiger partial charge in [-0.25, -0.2) is 0 Å². The molecule has 2 aromatic rings. The zero-order valence-electron chi connectivity index (χ0n) is 13.4. The van der Waals surface area contributed by atoms with Crippen LogP contribution in [0.15, 0.2) is 21.9 Å². The maximum absolute atomic E-state index is 12.3. The number of thiophene rings is 1. The third kappa shape index (κ3) is 4.62. The molecule has 1 amide bonds. The average molecular weight is 334 g/mol. The van der Waals surface area contributed by atoms with Crippen LogP contribution in [0.4, 0.5) is 0 Å². The van der Waals surface area contributed by atoms with Crippen molar-refractivity contribution in [2.45, 2.75) is 26.2 Å². The Morgan fingerprint density at radius 3 is 2.74 bits per heavy atom. The van der Waals surface area contributed by atoms with E-state index in [4.69, 9.17) is 4.42 Å². The standard InChI is InChI=1S/C16H22N4O2S/c1-13-17-18-15(22-13)6-7-19-8-10-20(11-9-19)16(21)5-4-14-3-2-12-23-14/h2-3,12H,4-11H2,1H3. The van der Waals surface area contributed by atoms with Crippen molar-refractivity contribution in [1.29, 1.82) is 0 Å². The summed E-state index contributed by atoms with van der Waals surface area (Å²) in [6, 6.07) is 4.13. The van der Waals surface area contributed by atoms with Gasteiger partial charge in [0.25, 0.3) is 0 Å². The van der Waals surface area contributed by atoms with Gasteiger partial charge >= 0.3 is 0 Å². The molecular formula is C16H22N4O2S. The fourth-order valence-electron chi connectivity index (χ4n) is 2.76. The van der Waals surface area contributed by atoms with Gasteiger partial charge in [0.05, 0.1) is 0 Å². The molecule has 6 nitrogen and oxygen atoms in total. The van der Waals surface area contributed by atoms with E-state index < -0.39 is 0 Å². The molecule has 1 saturated heterocycles. The first kappa shape index (κ1) is 16.1. The Kier molecular flexibility index (Phi) is 5.40. The summed E-state index contributed by atoms with van der Waals surface area (Å²) in [5, 5.41) is 9.91. The van der Waals surface area contributed by atoms with Crippen molar-refractivity contribution in [3.05, 3.63) is 34.2 Å². The molecule has 23 heavy (non-hydrogen) atoms. The van der Waals surface area contributed by atoms with Crippen molar-refractivity contribution in [1.82, 2.24) is 20.0 Å². The summed E-state index contributed by atoms with van der Waals surface area (Å²) in [6.07, 6.45) is 2.24. The van der Waals surface area contributed by atoms with E-state index in [1.807, 2.05) is 11.0 Å². The molecule has 1 aliphatic heterocycles. The van der Waals surface area contributed by atoms with Crippen molar-refractivity contribution < 1.29 is 9.21 Å². The number of piperazine rings is 1. The summed E-state index contributed by atoms with van der Waals surface area (Å²) in [5.74, 6) is 1.57. The largest absolute Gasteiger partial charge is 0.426 e. The minimum Gasteiger partial charge on any atom is -0.426 e. The Labute approximate surface area is 140 Å². The summed E-state index contributed by atoms with van der Waals surface area (Å²) in [7, 11) is 0. The normalized spacial score (nSPS) is 16.0. The van der Waals surface area contributed by atoms with Gasteiger partial charge in [0.15, 0.2) is 0 Å². The van der Waals surface area contributed by atoms with E-state index in [-0.39, 0.29) is 5.91 Å². The van der Waals surface area contributed by atoms with E-state index >= 15 is 0 Å². The molecule has 0 N–H and O–H groups in total. The molecule has 0 radical (unpaired) electrons. The molecule has 0 saturated carbocycles. The second kappa shape index (κ2) is 7.70. The first-order valence-corrected chi connectivity index (χ1v) is 8.90. The van der Waals surface area contributed by atoms with Crippen molar-refractivity contribution in [3.63, 3.8) is 0 Å². The molecule has 1 aliphatic rings. The van der Waals surface area contributed by atoms with E-state index in [0.29, 0.717) is 18.2 Å². The number of amides is 1. The van der Waals surface area contributed by atoms with Crippen LogP contribution in [0.5, 0.6) is 0 Å². The molecular weight excluding hydrogens is 312 g/mol. The van der Waals surface area contributed by atoms with Crippen LogP contribution in [0.1, 0.15) is 23.1 Å². The molecule has 2 aromatic heterocycles. The maximum Gasteiger partial charge on any atom is 0.223 e. The summed E-state index contributed by atoms with van der Waals surface area (Å²) in [4.78, 5) is 17.9. The van der Waals surface area contributed by atoms with Gasteiger partial charge in [-0.2, -0.15) is 0 Å². The number of nitrogens with zero attached hydrogens (tertiary/aromatic N) is 4. The van der Waals surface area contributed by atoms with Gasteiger partial charge in [0.2, 0.25) is 17.7 Å². The number of aromatic nitrogens is 2. The number of carbonyl (C=O) groups excluding carboxylic acids is 1. The predicted molar refractivity (Wildman–Crippen MR) is 88.4 cm³/mol. The highest BCUT2D eigenvalue weighted by atomic mass is 32.1. The highest BCUT2D eigenvalue weighted by Gasteiger charge is 2.21. The Morgan fingerprint density at radius 1 is 1.26 bits per heavy atom. The third-order valence-electron chi connectivity index (χ3n) is 4.10. The van der Waals surface area contributed by atoms with Gasteiger partial charge in [-0.1, -0.05) is 6.07 Å². The van der Waals surface area contributed by atoms with E-state index in [1.54, 1.807) is 18.3 Å². The van der Waals surface area contributed by atoms with Gasteiger partial charge < -0.3 is 9.32 Å². The SMILES string of the molecule is Cc1nnc(CCN2CCN(C(=O)CCc3cccs3)CC2)o1. The molecule has 3 heterocycles. The van der Waals surface area contributed by atoms with Gasteiger partial charge in [0.1, 0.15) is 0 Å². The number of hydrogen-bond donors (Lipinski definition) is 0. The lowest BCUT2D eigenvalue weighted by Gasteiger charge is -2.34. The van der Waals surface area contributed by atoms with E-state index in [1.165, 1.54) is 4.88 Å². The van der Waals surface area contributed by atoms with Crippen LogP contribution < -0.4 is 0 Å². The summed E-state index contributed by atoms with van der Waals surface area (Å²) < 4.78 is 5.39. The number of hydrogen-bond acceptors (Lipinski definition) is 6. The predicted octanol–water partition coefficient (Wildman–Crippen LogP) is 1.76. The van der Waals surface area contributed by atoms with Gasteiger partial charge in [0, 0.05) is 57.4 Å². The summed E-state index contributed by atoms with van der Waals surface area (Å²) in [6.45, 7) is 6.16. The Balaban J connectivity index is 1.36. The van der Waals surface area contributed by atoms with Crippen molar-refractivity contribution in [2.75, 3.05) is 32.7 Å². The van der Waals surface area contributed by atoms with Crippen LogP contribution in [-0.4, -0.2) is 58.6 Å². The van der Waals surface area contributed by atoms with Crippen LogP contribution in [0, 0.1) is 6.92 Å². The number of rotatable bonds is 6. The van der Waals surface area contributed by atoms with Crippen LogP contribution in [-0.2, 0) is 17.6 Å². The average Bonchev–Trinajstić information content (AvgIpc) is 3.22. The lowest BCUT2D eigenvalue weighted by Crippen LogP contribution is -2.49. The van der Waals surface area contributed by atoms with Crippen LogP contribution in [0.25, 0.3) is 0 Å². The minimum atomic E-state index is 0.269. The minimum absolute atomic E-state index is 0.269. The number of aryl methyl sites for hydroxylation is 2. The first-order valence-electron chi connectivity index (χ1n) is 8.02. The molecule has 1 fully saturated rings. The Morgan fingerprint density at radius 2 is 2.09 bits per heavy atom. The fourth-order valence-corrected chi connectivity index (χ4v) is 3.47. The van der Waals surface area contributed by atoms with Crippen LogP contribution in [0.2, 0.25) is 0 Å². The van der Waals surface area contributed by atoms with Gasteiger partial charge in [-0.15, -0.1) is 21.5 Å². The zero-order chi connectivity index (χ0) is 16.1. The highest BCUT2D eigenvalue weighted by molar-refractivity contribution is 7.09. The van der Waals surface area contributed by atoms with Crippen molar-refractivity contribution in [3.8, 4) is 0 Å². The second-order valence-electron chi connectivity index (χ2n) is 5.77. The monoisotopic (exact) mass is 334 g/mol. The van der Waals surface area contributed by atoms with Crippen LogP contribution in [0.3, 0.4) is 0 Å². The quantitative estimate of drug-likeness (QED) is 0.805.